The Kier molecular flexibility index (Phi) is 6.08. The summed E-state index contributed by atoms with van der Waals surface area (Å²) in [5.41, 5.74) is 0.381. The van der Waals surface area contributed by atoms with Gasteiger partial charge in [-0.2, -0.15) is 0 Å². The van der Waals surface area contributed by atoms with Crippen molar-refractivity contribution >= 4 is 0 Å². The molecule has 0 aliphatic carbocycles. The van der Waals surface area contributed by atoms with Crippen molar-refractivity contribution in [3.8, 4) is 0 Å². The number of rotatable bonds is 6. The predicted octanol–water partition coefficient (Wildman–Crippen LogP) is -4.52. The molecule has 0 aromatic rings. The van der Waals surface area contributed by atoms with Crippen LogP contribution in [-0.2, 0) is 0 Å². The maximum atomic E-state index is 9.92. The van der Waals surface area contributed by atoms with E-state index in [1.165, 1.54) is 0 Å². The minimum absolute atomic E-state index is 0.337. The summed E-state index contributed by atoms with van der Waals surface area (Å²) in [6, 6.07) is 0. The van der Waals surface area contributed by atoms with E-state index in [1.54, 1.807) is 0 Å². The second-order valence-corrected chi connectivity index (χ2v) is 2.70. The van der Waals surface area contributed by atoms with Gasteiger partial charge in [-0.25, -0.2) is 0 Å². The topological polar surface area (TPSA) is 141 Å². The van der Waals surface area contributed by atoms with Crippen LogP contribution in [0.25, 0.3) is 0 Å². The predicted molar refractivity (Wildman–Crippen MR) is 41.3 cm³/mol. The van der Waals surface area contributed by atoms with E-state index in [1.807, 2.05) is 0 Å². The summed E-state index contributed by atoms with van der Waals surface area (Å²) < 4.78 is 0. The van der Waals surface area contributed by atoms with Crippen molar-refractivity contribution in [2.75, 3.05) is 13.2 Å². The highest BCUT2D eigenvalue weighted by Crippen LogP contribution is 2.03. The van der Waals surface area contributed by atoms with E-state index in [2.05, 4.69) is 0 Å². The minimum atomic E-state index is -1.67. The van der Waals surface area contributed by atoms with Crippen molar-refractivity contribution in [2.24, 2.45) is 0 Å². The number of nitrogens with two attached hydrogens (primary N) is 1. The molecular formula is C6H15NO6. The van der Waals surface area contributed by atoms with Crippen LogP contribution in [0.4, 0.5) is 0 Å². The van der Waals surface area contributed by atoms with Crippen molar-refractivity contribution < 1.29 is 31.0 Å². The third-order valence-corrected chi connectivity index (χ3v) is 1.66. The number of hydroxylamine groups is 1. The first-order valence-electron chi connectivity index (χ1n) is 3.81. The van der Waals surface area contributed by atoms with Crippen molar-refractivity contribution in [1.29, 1.82) is 0 Å². The van der Waals surface area contributed by atoms with Gasteiger partial charge in [0.1, 0.15) is 31.0 Å². The lowest BCUT2D eigenvalue weighted by Gasteiger charge is -2.24. The van der Waals surface area contributed by atoms with E-state index < -0.39 is 31.0 Å². The van der Waals surface area contributed by atoms with Crippen molar-refractivity contribution in [2.45, 2.75) is 24.4 Å². The third-order valence-electron chi connectivity index (χ3n) is 1.66. The van der Waals surface area contributed by atoms with Crippen molar-refractivity contribution in [3.63, 3.8) is 0 Å². The summed E-state index contributed by atoms with van der Waals surface area (Å²) in [6.45, 7) is -1.07. The van der Waals surface area contributed by atoms with Gasteiger partial charge in [0.15, 0.2) is 0 Å². The van der Waals surface area contributed by atoms with E-state index in [-0.39, 0.29) is 6.54 Å². The van der Waals surface area contributed by atoms with Gasteiger partial charge >= 0.3 is 0 Å². The van der Waals surface area contributed by atoms with Crippen LogP contribution in [0.1, 0.15) is 0 Å². The van der Waals surface area contributed by atoms with Gasteiger partial charge in [0.25, 0.3) is 0 Å². The number of hydrogen-bond acceptors (Lipinski definition) is 6. The molecule has 0 spiro atoms. The molecule has 4 atom stereocenters. The highest BCUT2D eigenvalue weighted by Gasteiger charge is 2.30. The second kappa shape index (κ2) is 6.22. The summed E-state index contributed by atoms with van der Waals surface area (Å²) in [6.07, 6.45) is -6.28. The molecule has 0 saturated carbocycles. The van der Waals surface area contributed by atoms with Gasteiger partial charge in [-0.15, -0.1) is 0 Å². The number of aliphatic hydroxyl groups excluding tert-OH is 5. The molecule has 0 aromatic carbocycles. The molecule has 13 heavy (non-hydrogen) atoms. The smallest absolute Gasteiger partial charge is 0.131 e. The van der Waals surface area contributed by atoms with E-state index >= 15 is 0 Å². The molecule has 0 unspecified atom stereocenters. The third kappa shape index (κ3) is 3.96. The molecule has 7 heteroatoms. The zero-order valence-corrected chi connectivity index (χ0v) is 6.95. The summed E-state index contributed by atoms with van der Waals surface area (Å²) in [5.74, 6) is 0. The minimum Gasteiger partial charge on any atom is -0.636 e. The van der Waals surface area contributed by atoms with E-state index in [9.17, 15) is 5.21 Å². The molecule has 0 bridgehead atoms. The average Bonchev–Trinajstić information content (AvgIpc) is 2.14. The average molecular weight is 197 g/mol. The van der Waals surface area contributed by atoms with E-state index in [0.717, 1.165) is 0 Å². The Morgan fingerprint density at radius 3 is 1.85 bits per heavy atom. The first-order valence-corrected chi connectivity index (χ1v) is 3.81. The van der Waals surface area contributed by atoms with Gasteiger partial charge in [0.05, 0.1) is 6.61 Å². The molecule has 0 radical (unpaired) electrons. The van der Waals surface area contributed by atoms with Crippen LogP contribution in [0.5, 0.6) is 0 Å². The lowest BCUT2D eigenvalue weighted by atomic mass is 10.0. The van der Waals surface area contributed by atoms with Crippen LogP contribution in [0.3, 0.4) is 0 Å². The van der Waals surface area contributed by atoms with Crippen molar-refractivity contribution in [3.05, 3.63) is 5.21 Å². The maximum Gasteiger partial charge on any atom is 0.131 e. The lowest BCUT2D eigenvalue weighted by molar-refractivity contribution is -0.598. The molecule has 7 N–H and O–H groups in total. The van der Waals surface area contributed by atoms with Crippen LogP contribution in [-0.4, -0.2) is 63.1 Å². The van der Waals surface area contributed by atoms with Gasteiger partial charge in [0.2, 0.25) is 0 Å². The van der Waals surface area contributed by atoms with E-state index in [0.29, 0.717) is 5.48 Å². The zero-order valence-electron chi connectivity index (χ0n) is 6.95. The zero-order chi connectivity index (χ0) is 10.4. The molecule has 0 fully saturated rings. The molecule has 80 valence electrons. The van der Waals surface area contributed by atoms with Gasteiger partial charge in [0, 0.05) is 0 Å². The fourth-order valence-corrected chi connectivity index (χ4v) is 0.801. The van der Waals surface area contributed by atoms with Crippen LogP contribution >= 0.6 is 0 Å². The quantitative estimate of drug-likeness (QED) is 0.237. The highest BCUT2D eigenvalue weighted by atomic mass is 16.5. The molecule has 0 rings (SSSR count). The van der Waals surface area contributed by atoms with E-state index in [4.69, 9.17) is 25.5 Å². The fourth-order valence-electron chi connectivity index (χ4n) is 0.801. The Morgan fingerprint density at radius 2 is 1.46 bits per heavy atom. The summed E-state index contributed by atoms with van der Waals surface area (Å²) in [7, 11) is 0. The Hall–Kier alpha value is -0.280. The van der Waals surface area contributed by atoms with Gasteiger partial charge in [-0.3, -0.25) is 0 Å². The molecule has 0 aliphatic rings. The SMILES string of the molecule is [O-][NH2+]C[C@H](O)[C@@H](O)[C@H](O)[C@H](O)CO. The first kappa shape index (κ1) is 12.7. The normalized spacial score (nSPS) is 20.8. The summed E-state index contributed by atoms with van der Waals surface area (Å²) in [5, 5.41) is 54.3. The molecule has 0 aromatic heterocycles. The molecule has 7 nitrogen and oxygen atoms in total. The molecule has 0 amide bonds. The van der Waals surface area contributed by atoms with Gasteiger partial charge < -0.3 is 36.2 Å². The van der Waals surface area contributed by atoms with Gasteiger partial charge in [-0.05, 0) is 0 Å². The summed E-state index contributed by atoms with van der Waals surface area (Å²) in [4.78, 5) is 0. The van der Waals surface area contributed by atoms with Crippen LogP contribution in [0.2, 0.25) is 0 Å². The van der Waals surface area contributed by atoms with Crippen LogP contribution in [0.15, 0.2) is 0 Å². The lowest BCUT2D eigenvalue weighted by Crippen LogP contribution is -2.81. The van der Waals surface area contributed by atoms with Crippen molar-refractivity contribution in [1.82, 2.24) is 0 Å². The molecular weight excluding hydrogens is 182 g/mol. The number of hydrogen-bond donors (Lipinski definition) is 6. The number of aliphatic hydroxyl groups is 5. The summed E-state index contributed by atoms with van der Waals surface area (Å²) >= 11 is 0. The van der Waals surface area contributed by atoms with Crippen LogP contribution in [0, 0.1) is 5.21 Å². The Balaban J connectivity index is 3.99. The largest absolute Gasteiger partial charge is 0.636 e. The first-order chi connectivity index (χ1) is 6.04. The monoisotopic (exact) mass is 197 g/mol. The highest BCUT2D eigenvalue weighted by molar-refractivity contribution is 4.79. The van der Waals surface area contributed by atoms with Crippen LogP contribution < -0.4 is 5.48 Å². The molecule has 0 aliphatic heterocycles. The van der Waals surface area contributed by atoms with Gasteiger partial charge in [-0.1, -0.05) is 0 Å². The standard InChI is InChI=1S/C6H15NO6/c8-2-4(10)6(12)5(11)3(9)1-7-13/h3-6,8-12H,1-2,7H2/t3-,4+,5+,6+/m0/s1. The fraction of sp³-hybridized carbons (Fsp3) is 1.00. The molecule has 0 heterocycles. The number of quaternary nitrogens is 1. The Bertz CT molecular complexity index is 134. The Morgan fingerprint density at radius 1 is 1.00 bits per heavy atom. The second-order valence-electron chi connectivity index (χ2n) is 2.70. The Labute approximate surface area is 74.8 Å². The molecule has 0 saturated heterocycles. The maximum absolute atomic E-state index is 9.92.